The molecular weight excluding hydrogens is 272 g/mol. The van der Waals surface area contributed by atoms with Crippen LogP contribution in [0.2, 0.25) is 0 Å². The van der Waals surface area contributed by atoms with Gasteiger partial charge in [0.15, 0.2) is 5.78 Å². The third-order valence-electron chi connectivity index (χ3n) is 3.29. The quantitative estimate of drug-likeness (QED) is 0.754. The van der Waals surface area contributed by atoms with Crippen LogP contribution < -0.4 is 0 Å². The standard InChI is InChI=1S/C16H12O3S/c1-19-16(18)10-6-7-13-14(8-10)20-9-11-4-2-3-5-12(11)15(13)17/h2-8H,9H2,1H3. The molecule has 0 saturated heterocycles. The summed E-state index contributed by atoms with van der Waals surface area (Å²) in [4.78, 5) is 24.9. The number of ketones is 1. The van der Waals surface area contributed by atoms with Gasteiger partial charge in [-0.15, -0.1) is 11.8 Å². The van der Waals surface area contributed by atoms with E-state index in [-0.39, 0.29) is 11.8 Å². The summed E-state index contributed by atoms with van der Waals surface area (Å²) in [7, 11) is 1.35. The summed E-state index contributed by atoms with van der Waals surface area (Å²) in [6.45, 7) is 0. The number of carbonyl (C=O) groups excluding carboxylic acids is 2. The zero-order valence-corrected chi connectivity index (χ0v) is 11.7. The number of hydrogen-bond donors (Lipinski definition) is 0. The summed E-state index contributed by atoms with van der Waals surface area (Å²) in [6.07, 6.45) is 0. The highest BCUT2D eigenvalue weighted by molar-refractivity contribution is 7.98. The van der Waals surface area contributed by atoms with Crippen molar-refractivity contribution in [3.63, 3.8) is 0 Å². The molecule has 2 aromatic carbocycles. The van der Waals surface area contributed by atoms with Crippen molar-refractivity contribution in [3.05, 3.63) is 64.7 Å². The Labute approximate surface area is 121 Å². The summed E-state index contributed by atoms with van der Waals surface area (Å²) in [6, 6.07) is 12.7. The van der Waals surface area contributed by atoms with Crippen LogP contribution in [0.15, 0.2) is 47.4 Å². The maximum atomic E-state index is 12.5. The molecule has 1 aliphatic heterocycles. The van der Waals surface area contributed by atoms with Gasteiger partial charge in [-0.05, 0) is 23.8 Å². The molecule has 0 radical (unpaired) electrons. The molecule has 1 aliphatic rings. The molecule has 0 aliphatic carbocycles. The molecule has 20 heavy (non-hydrogen) atoms. The smallest absolute Gasteiger partial charge is 0.337 e. The van der Waals surface area contributed by atoms with Crippen LogP contribution >= 0.6 is 11.8 Å². The molecule has 4 heteroatoms. The third-order valence-corrected chi connectivity index (χ3v) is 4.40. The number of thioether (sulfide) groups is 1. The first kappa shape index (κ1) is 12.9. The van der Waals surface area contributed by atoms with Gasteiger partial charge in [-0.1, -0.05) is 24.3 Å². The van der Waals surface area contributed by atoms with Crippen molar-refractivity contribution in [1.29, 1.82) is 0 Å². The molecule has 0 atom stereocenters. The van der Waals surface area contributed by atoms with Crippen LogP contribution in [-0.2, 0) is 10.5 Å². The van der Waals surface area contributed by atoms with Gasteiger partial charge in [0.1, 0.15) is 0 Å². The second-order valence-corrected chi connectivity index (χ2v) is 5.49. The van der Waals surface area contributed by atoms with Gasteiger partial charge in [0, 0.05) is 21.8 Å². The first-order valence-corrected chi connectivity index (χ1v) is 7.17. The predicted octanol–water partition coefficient (Wildman–Crippen LogP) is 3.31. The highest BCUT2D eigenvalue weighted by Gasteiger charge is 2.22. The van der Waals surface area contributed by atoms with E-state index in [1.165, 1.54) is 7.11 Å². The Kier molecular flexibility index (Phi) is 3.32. The zero-order chi connectivity index (χ0) is 14.1. The average molecular weight is 284 g/mol. The second-order valence-electron chi connectivity index (χ2n) is 4.48. The van der Waals surface area contributed by atoms with Crippen molar-refractivity contribution in [2.24, 2.45) is 0 Å². The summed E-state index contributed by atoms with van der Waals surface area (Å²) in [5, 5.41) is 0. The fourth-order valence-electron chi connectivity index (χ4n) is 2.24. The fourth-order valence-corrected chi connectivity index (χ4v) is 3.33. The summed E-state index contributed by atoms with van der Waals surface area (Å²) in [5.41, 5.74) is 2.88. The molecule has 0 aromatic heterocycles. The van der Waals surface area contributed by atoms with E-state index >= 15 is 0 Å². The molecule has 3 nitrogen and oxygen atoms in total. The molecular formula is C16H12O3S. The van der Waals surface area contributed by atoms with Crippen LogP contribution in [0.1, 0.15) is 31.8 Å². The molecule has 1 heterocycles. The van der Waals surface area contributed by atoms with Crippen LogP contribution in [-0.4, -0.2) is 18.9 Å². The van der Waals surface area contributed by atoms with Crippen molar-refractivity contribution < 1.29 is 14.3 Å². The molecule has 3 rings (SSSR count). The van der Waals surface area contributed by atoms with Crippen molar-refractivity contribution in [2.45, 2.75) is 10.6 Å². The number of fused-ring (bicyclic) bond motifs is 2. The lowest BCUT2D eigenvalue weighted by Gasteiger charge is -2.06. The van der Waals surface area contributed by atoms with E-state index in [4.69, 9.17) is 4.74 Å². The minimum Gasteiger partial charge on any atom is -0.465 e. The van der Waals surface area contributed by atoms with Gasteiger partial charge in [-0.3, -0.25) is 4.79 Å². The van der Waals surface area contributed by atoms with Crippen LogP contribution in [0.25, 0.3) is 0 Å². The minimum atomic E-state index is -0.386. The molecule has 2 aromatic rings. The first-order valence-electron chi connectivity index (χ1n) is 6.18. The monoisotopic (exact) mass is 284 g/mol. The molecule has 0 fully saturated rings. The van der Waals surface area contributed by atoms with Crippen molar-refractivity contribution in [1.82, 2.24) is 0 Å². The molecule has 100 valence electrons. The second kappa shape index (κ2) is 5.13. The van der Waals surface area contributed by atoms with E-state index in [0.717, 1.165) is 21.8 Å². The van der Waals surface area contributed by atoms with E-state index in [1.54, 1.807) is 30.0 Å². The van der Waals surface area contributed by atoms with Gasteiger partial charge >= 0.3 is 5.97 Å². The average Bonchev–Trinajstić information content (AvgIpc) is 2.64. The number of ether oxygens (including phenoxy) is 1. The van der Waals surface area contributed by atoms with Crippen LogP contribution in [0.3, 0.4) is 0 Å². The van der Waals surface area contributed by atoms with E-state index < -0.39 is 0 Å². The zero-order valence-electron chi connectivity index (χ0n) is 10.9. The van der Waals surface area contributed by atoms with Gasteiger partial charge in [0.25, 0.3) is 0 Å². The predicted molar refractivity (Wildman–Crippen MR) is 77.2 cm³/mol. The highest BCUT2D eigenvalue weighted by Crippen LogP contribution is 2.34. The van der Waals surface area contributed by atoms with Crippen molar-refractivity contribution in [3.8, 4) is 0 Å². The Balaban J connectivity index is 2.09. The Morgan fingerprint density at radius 1 is 1.15 bits per heavy atom. The molecule has 0 N–H and O–H groups in total. The van der Waals surface area contributed by atoms with Crippen LogP contribution in [0.4, 0.5) is 0 Å². The number of hydrogen-bond acceptors (Lipinski definition) is 4. The Morgan fingerprint density at radius 3 is 2.75 bits per heavy atom. The summed E-state index contributed by atoms with van der Waals surface area (Å²) >= 11 is 1.57. The normalized spacial score (nSPS) is 13.2. The van der Waals surface area contributed by atoms with Gasteiger partial charge in [-0.2, -0.15) is 0 Å². The molecule has 0 amide bonds. The lowest BCUT2D eigenvalue weighted by Crippen LogP contribution is -2.06. The lowest BCUT2D eigenvalue weighted by atomic mass is 9.98. The van der Waals surface area contributed by atoms with E-state index in [1.807, 2.05) is 24.3 Å². The number of carbonyl (C=O) groups is 2. The molecule has 0 spiro atoms. The Bertz CT molecular complexity index is 707. The van der Waals surface area contributed by atoms with Gasteiger partial charge in [0.05, 0.1) is 12.7 Å². The number of esters is 1. The van der Waals surface area contributed by atoms with E-state index in [9.17, 15) is 9.59 Å². The van der Waals surface area contributed by atoms with Gasteiger partial charge < -0.3 is 4.74 Å². The van der Waals surface area contributed by atoms with Crippen LogP contribution in [0.5, 0.6) is 0 Å². The SMILES string of the molecule is COC(=O)c1ccc2c(c1)SCc1ccccc1C2=O. The minimum absolute atomic E-state index is 0.0111. The molecule has 0 saturated carbocycles. The van der Waals surface area contributed by atoms with Gasteiger partial charge in [0.2, 0.25) is 0 Å². The largest absolute Gasteiger partial charge is 0.465 e. The Hall–Kier alpha value is -2.07. The Morgan fingerprint density at radius 2 is 1.95 bits per heavy atom. The summed E-state index contributed by atoms with van der Waals surface area (Å²) < 4.78 is 4.71. The first-order chi connectivity index (χ1) is 9.70. The topological polar surface area (TPSA) is 43.4 Å². The fraction of sp³-hybridized carbons (Fsp3) is 0.125. The van der Waals surface area contributed by atoms with E-state index in [2.05, 4.69) is 0 Å². The number of benzene rings is 2. The van der Waals surface area contributed by atoms with Gasteiger partial charge in [-0.25, -0.2) is 4.79 Å². The molecule has 0 bridgehead atoms. The number of rotatable bonds is 1. The third kappa shape index (κ3) is 2.12. The maximum absolute atomic E-state index is 12.5. The van der Waals surface area contributed by atoms with Crippen molar-refractivity contribution in [2.75, 3.05) is 7.11 Å². The van der Waals surface area contributed by atoms with Crippen molar-refractivity contribution >= 4 is 23.5 Å². The number of methoxy groups -OCH3 is 1. The molecule has 0 unspecified atom stereocenters. The highest BCUT2D eigenvalue weighted by atomic mass is 32.2. The van der Waals surface area contributed by atoms with E-state index in [0.29, 0.717) is 11.1 Å². The lowest BCUT2D eigenvalue weighted by molar-refractivity contribution is 0.0600. The maximum Gasteiger partial charge on any atom is 0.337 e. The summed E-state index contributed by atoms with van der Waals surface area (Å²) in [5.74, 6) is 0.346. The van der Waals surface area contributed by atoms with Crippen LogP contribution in [0, 0.1) is 0 Å².